The van der Waals surface area contributed by atoms with Crippen molar-refractivity contribution < 1.29 is 8.42 Å². The van der Waals surface area contributed by atoms with Crippen LogP contribution in [-0.2, 0) is 10.0 Å². The number of unbranched alkanes of at least 4 members (excludes halogenated alkanes) is 1. The van der Waals surface area contributed by atoms with Gasteiger partial charge >= 0.3 is 0 Å². The maximum atomic E-state index is 11.9. The molecule has 1 aliphatic carbocycles. The van der Waals surface area contributed by atoms with Gasteiger partial charge in [-0.15, -0.1) is 0 Å². The highest BCUT2D eigenvalue weighted by Crippen LogP contribution is 2.28. The molecule has 6 heteroatoms. The van der Waals surface area contributed by atoms with Crippen LogP contribution in [0.3, 0.4) is 0 Å². The molecule has 1 aliphatic rings. The Morgan fingerprint density at radius 3 is 2.67 bits per heavy atom. The lowest BCUT2D eigenvalue weighted by Crippen LogP contribution is -2.35. The average molecular weight is 294 g/mol. The predicted octanol–water partition coefficient (Wildman–Crippen LogP) is 1.58. The first-order valence-electron chi connectivity index (χ1n) is 6.81. The van der Waals surface area contributed by atoms with Crippen LogP contribution in [-0.4, -0.2) is 44.8 Å². The van der Waals surface area contributed by atoms with Crippen molar-refractivity contribution in [3.05, 3.63) is 0 Å². The van der Waals surface area contributed by atoms with E-state index in [0.29, 0.717) is 5.25 Å². The summed E-state index contributed by atoms with van der Waals surface area (Å²) in [6.45, 7) is 3.91. The van der Waals surface area contributed by atoms with Crippen LogP contribution in [0.15, 0.2) is 0 Å². The van der Waals surface area contributed by atoms with E-state index in [0.717, 1.165) is 45.2 Å². The number of thioether (sulfide) groups is 1. The van der Waals surface area contributed by atoms with Gasteiger partial charge in [0.05, 0.1) is 5.75 Å². The minimum atomic E-state index is -3.07. The van der Waals surface area contributed by atoms with E-state index in [4.69, 9.17) is 0 Å². The summed E-state index contributed by atoms with van der Waals surface area (Å²) in [5.41, 5.74) is 0. The molecule has 18 heavy (non-hydrogen) atoms. The van der Waals surface area contributed by atoms with Gasteiger partial charge in [-0.2, -0.15) is 11.8 Å². The molecule has 0 aromatic carbocycles. The monoisotopic (exact) mass is 294 g/mol. The number of hydrogen-bond donors (Lipinski definition) is 2. The van der Waals surface area contributed by atoms with Gasteiger partial charge in [-0.3, -0.25) is 0 Å². The number of hydrogen-bond acceptors (Lipinski definition) is 4. The van der Waals surface area contributed by atoms with E-state index in [1.807, 2.05) is 11.8 Å². The molecule has 0 radical (unpaired) electrons. The molecular formula is C12H26N2O2S2. The van der Waals surface area contributed by atoms with Crippen LogP contribution in [0.5, 0.6) is 0 Å². The van der Waals surface area contributed by atoms with Crippen LogP contribution in [0.2, 0.25) is 0 Å². The molecule has 0 saturated heterocycles. The third kappa shape index (κ3) is 6.41. The van der Waals surface area contributed by atoms with E-state index in [1.165, 1.54) is 0 Å². The van der Waals surface area contributed by atoms with Crippen molar-refractivity contribution in [2.75, 3.05) is 25.1 Å². The van der Waals surface area contributed by atoms with E-state index in [9.17, 15) is 8.42 Å². The smallest absolute Gasteiger partial charge is 0.211 e. The lowest BCUT2D eigenvalue weighted by molar-refractivity contribution is 0.547. The van der Waals surface area contributed by atoms with Crippen molar-refractivity contribution >= 4 is 21.8 Å². The van der Waals surface area contributed by atoms with Crippen LogP contribution < -0.4 is 10.0 Å². The lowest BCUT2D eigenvalue weighted by atomic mass is 10.3. The summed E-state index contributed by atoms with van der Waals surface area (Å²) in [6, 6.07) is 0.168. The summed E-state index contributed by atoms with van der Waals surface area (Å²) < 4.78 is 26.6. The van der Waals surface area contributed by atoms with Crippen molar-refractivity contribution in [3.8, 4) is 0 Å². The summed E-state index contributed by atoms with van der Waals surface area (Å²) in [6.07, 6.45) is 6.87. The Morgan fingerprint density at radius 2 is 2.06 bits per heavy atom. The van der Waals surface area contributed by atoms with Crippen LogP contribution in [0.1, 0.15) is 39.0 Å². The van der Waals surface area contributed by atoms with Crippen molar-refractivity contribution in [1.82, 2.24) is 10.0 Å². The van der Waals surface area contributed by atoms with Gasteiger partial charge in [0.15, 0.2) is 0 Å². The van der Waals surface area contributed by atoms with Gasteiger partial charge in [0.2, 0.25) is 10.0 Å². The average Bonchev–Trinajstić information content (AvgIpc) is 2.75. The number of nitrogens with one attached hydrogen (secondary N) is 2. The SMILES string of the molecule is CCNCCCCS(=O)(=O)NC1CCC(SC)C1. The van der Waals surface area contributed by atoms with Crippen LogP contribution >= 0.6 is 11.8 Å². The molecule has 2 atom stereocenters. The Balaban J connectivity index is 2.19. The third-order valence-corrected chi connectivity index (χ3v) is 5.94. The molecule has 0 amide bonds. The predicted molar refractivity (Wildman–Crippen MR) is 79.6 cm³/mol. The molecule has 1 fully saturated rings. The van der Waals surface area contributed by atoms with Gasteiger partial charge in [0, 0.05) is 11.3 Å². The summed E-state index contributed by atoms with van der Waals surface area (Å²) >= 11 is 1.85. The molecule has 0 heterocycles. The van der Waals surface area contributed by atoms with Crippen molar-refractivity contribution in [2.45, 2.75) is 50.3 Å². The molecule has 2 unspecified atom stereocenters. The maximum Gasteiger partial charge on any atom is 0.211 e. The van der Waals surface area contributed by atoms with Gasteiger partial charge in [0.25, 0.3) is 0 Å². The molecule has 0 spiro atoms. The highest BCUT2D eigenvalue weighted by Gasteiger charge is 2.27. The Hall–Kier alpha value is 0.220. The second-order valence-electron chi connectivity index (χ2n) is 4.87. The zero-order chi connectivity index (χ0) is 13.4. The molecule has 108 valence electrons. The summed E-state index contributed by atoms with van der Waals surface area (Å²) in [4.78, 5) is 0. The molecule has 1 saturated carbocycles. The highest BCUT2D eigenvalue weighted by atomic mass is 32.2. The van der Waals surface area contributed by atoms with Crippen molar-refractivity contribution in [2.24, 2.45) is 0 Å². The zero-order valence-electron chi connectivity index (χ0n) is 11.4. The minimum absolute atomic E-state index is 0.168. The Morgan fingerprint density at radius 1 is 1.28 bits per heavy atom. The second kappa shape index (κ2) is 8.40. The molecule has 0 aromatic heterocycles. The van der Waals surface area contributed by atoms with Gasteiger partial charge in [-0.1, -0.05) is 6.92 Å². The first kappa shape index (κ1) is 16.3. The van der Waals surface area contributed by atoms with Crippen LogP contribution in [0.4, 0.5) is 0 Å². The fraction of sp³-hybridized carbons (Fsp3) is 1.00. The van der Waals surface area contributed by atoms with Crippen LogP contribution in [0, 0.1) is 0 Å². The van der Waals surface area contributed by atoms with E-state index in [-0.39, 0.29) is 11.8 Å². The first-order chi connectivity index (χ1) is 8.57. The van der Waals surface area contributed by atoms with Crippen LogP contribution in [0.25, 0.3) is 0 Å². The molecule has 2 N–H and O–H groups in total. The lowest BCUT2D eigenvalue weighted by Gasteiger charge is -2.13. The van der Waals surface area contributed by atoms with E-state index in [1.54, 1.807) is 0 Å². The van der Waals surface area contributed by atoms with E-state index < -0.39 is 10.0 Å². The number of rotatable bonds is 9. The van der Waals surface area contributed by atoms with Gasteiger partial charge in [-0.05, 0) is 51.4 Å². The van der Waals surface area contributed by atoms with Gasteiger partial charge in [-0.25, -0.2) is 13.1 Å². The molecule has 0 bridgehead atoms. The second-order valence-corrected chi connectivity index (χ2v) is 7.88. The standard InChI is InChI=1S/C12H26N2O2S2/c1-3-13-8-4-5-9-18(15,16)14-11-6-7-12(10-11)17-2/h11-14H,3-10H2,1-2H3. The fourth-order valence-electron chi connectivity index (χ4n) is 2.29. The Kier molecular flexibility index (Phi) is 7.60. The Labute approximate surface area is 116 Å². The van der Waals surface area contributed by atoms with Gasteiger partial charge in [0.1, 0.15) is 0 Å². The summed E-state index contributed by atoms with van der Waals surface area (Å²) in [5.74, 6) is 0.263. The maximum absolute atomic E-state index is 11.9. The summed E-state index contributed by atoms with van der Waals surface area (Å²) in [5, 5.41) is 3.83. The molecule has 0 aliphatic heterocycles. The Bertz CT molecular complexity index is 320. The third-order valence-electron chi connectivity index (χ3n) is 3.33. The molecular weight excluding hydrogens is 268 g/mol. The fourth-order valence-corrected chi connectivity index (χ4v) is 4.51. The quantitative estimate of drug-likeness (QED) is 0.634. The molecule has 0 aromatic rings. The van der Waals surface area contributed by atoms with Gasteiger partial charge < -0.3 is 5.32 Å². The van der Waals surface area contributed by atoms with Crippen molar-refractivity contribution in [1.29, 1.82) is 0 Å². The topological polar surface area (TPSA) is 58.2 Å². The number of sulfonamides is 1. The van der Waals surface area contributed by atoms with E-state index in [2.05, 4.69) is 23.2 Å². The first-order valence-corrected chi connectivity index (χ1v) is 9.75. The normalized spacial score (nSPS) is 24.6. The summed E-state index contributed by atoms with van der Waals surface area (Å²) in [7, 11) is -3.07. The zero-order valence-corrected chi connectivity index (χ0v) is 13.1. The minimum Gasteiger partial charge on any atom is -0.317 e. The molecule has 4 nitrogen and oxygen atoms in total. The van der Waals surface area contributed by atoms with E-state index >= 15 is 0 Å². The molecule has 1 rings (SSSR count). The van der Waals surface area contributed by atoms with Crippen molar-refractivity contribution in [3.63, 3.8) is 0 Å². The largest absolute Gasteiger partial charge is 0.317 e. The highest BCUT2D eigenvalue weighted by molar-refractivity contribution is 7.99.